The molecule has 0 spiro atoms. The van der Waals surface area contributed by atoms with Gasteiger partial charge >= 0.3 is 33.9 Å². The van der Waals surface area contributed by atoms with Gasteiger partial charge in [0, 0.05) is 28.2 Å². The van der Waals surface area contributed by atoms with Crippen LogP contribution in [0.25, 0.3) is 6.08 Å². The second-order valence-electron chi connectivity index (χ2n) is 7.24. The van der Waals surface area contributed by atoms with Crippen LogP contribution in [0, 0.1) is 31.4 Å². The summed E-state index contributed by atoms with van der Waals surface area (Å²) in [5.41, 5.74) is 4.43. The Morgan fingerprint density at radius 2 is 1.37 bits per heavy atom. The summed E-state index contributed by atoms with van der Waals surface area (Å²) in [5, 5.41) is 0. The molecule has 0 heterocycles. The third kappa shape index (κ3) is 13.8. The van der Waals surface area contributed by atoms with E-state index in [9.17, 15) is 9.59 Å². The van der Waals surface area contributed by atoms with E-state index in [1.165, 1.54) is 0 Å². The molecular weight excluding hydrogens is 488 g/mol. The number of benzene rings is 2. The van der Waals surface area contributed by atoms with Gasteiger partial charge in [-0.25, -0.2) is 0 Å². The van der Waals surface area contributed by atoms with Crippen LogP contribution in [0.15, 0.2) is 77.5 Å². The van der Waals surface area contributed by atoms with E-state index < -0.39 is 17.2 Å². The minimum absolute atomic E-state index is 0. The first-order valence-electron chi connectivity index (χ1n) is 9.87. The van der Waals surface area contributed by atoms with Crippen LogP contribution in [0.3, 0.4) is 0 Å². The first-order chi connectivity index (χ1) is 16.3. The number of carbonyl (C=O) groups excluding carboxylic acids is 2. The van der Waals surface area contributed by atoms with E-state index in [0.29, 0.717) is 11.1 Å². The number of allylic oxidation sites excluding steroid dienone is 1. The van der Waals surface area contributed by atoms with Crippen LogP contribution < -0.4 is 0 Å². The minimum Gasteiger partial charge on any atom is 0 e. The third-order valence-corrected chi connectivity index (χ3v) is 3.91. The molecule has 0 radical (unpaired) electrons. The Morgan fingerprint density at radius 3 is 1.80 bits per heavy atom. The van der Waals surface area contributed by atoms with Gasteiger partial charge in [-0.3, -0.25) is 4.79 Å². The molecule has 35 heavy (non-hydrogen) atoms. The van der Waals surface area contributed by atoms with Crippen LogP contribution in [-0.4, -0.2) is 18.4 Å². The Bertz CT molecular complexity index is 1040. The van der Waals surface area contributed by atoms with Gasteiger partial charge in [-0.15, -0.1) is 29.5 Å². The van der Waals surface area contributed by atoms with Gasteiger partial charge in [0.05, 0.1) is 6.61 Å². The normalized spacial score (nSPS) is 9.26. The molecule has 2 aromatic rings. The average Bonchev–Trinajstić information content (AvgIpc) is 2.87. The van der Waals surface area contributed by atoms with Crippen molar-refractivity contribution in [1.82, 2.24) is 0 Å². The molecule has 0 saturated heterocycles. The number of carbonyl (C=O) groups is 2. The summed E-state index contributed by atoms with van der Waals surface area (Å²) in [5.74, 6) is -1.11. The van der Waals surface area contributed by atoms with Gasteiger partial charge in [-0.2, -0.15) is 0 Å². The molecule has 0 atom stereocenters. The van der Waals surface area contributed by atoms with E-state index in [0.717, 1.165) is 5.56 Å². The van der Waals surface area contributed by atoms with Gasteiger partial charge in [-0.1, -0.05) is 69.3 Å². The molecule has 0 amide bonds. The zero-order chi connectivity index (χ0) is 26.6. The van der Waals surface area contributed by atoms with Crippen molar-refractivity contribution < 1.29 is 45.4 Å². The smallest absolute Gasteiger partial charge is 0 e. The maximum Gasteiger partial charge on any atom is 0 e. The Labute approximate surface area is 217 Å². The number of ether oxygens (including phenoxy) is 1. The largest absolute Gasteiger partial charge is 0 e. The summed E-state index contributed by atoms with van der Waals surface area (Å²) in [6.45, 7) is 21.1. The number of rotatable bonds is 6. The van der Waals surface area contributed by atoms with Crippen LogP contribution in [0.1, 0.15) is 38.8 Å². The van der Waals surface area contributed by atoms with Crippen LogP contribution >= 0.6 is 0 Å². The zero-order valence-corrected chi connectivity index (χ0v) is 21.0. The SMILES string of the molecule is CCOC(=O)C(=[C-]c1ccccc1)C(=O)C(=C=Cc1ccccc1)C(C)(C)C.[C-]#[O+].[C-]#[O+].[C-]#[O+].[Fe]. The fraction of sp³-hybridized carbons (Fsp3) is 0.214. The Kier molecular flexibility index (Phi) is 21.8. The Hall–Kier alpha value is -3.42. The number of esters is 1. The molecule has 0 fully saturated rings. The molecule has 2 aromatic carbocycles. The predicted molar refractivity (Wildman–Crippen MR) is 123 cm³/mol. The minimum atomic E-state index is -0.681. The summed E-state index contributed by atoms with van der Waals surface area (Å²) >= 11 is 0. The van der Waals surface area contributed by atoms with Crippen molar-refractivity contribution in [2.45, 2.75) is 27.7 Å². The molecule has 0 aliphatic carbocycles. The van der Waals surface area contributed by atoms with Crippen LogP contribution in [-0.2, 0) is 45.4 Å². The molecule has 0 aliphatic rings. The molecule has 0 N–H and O–H groups in total. The van der Waals surface area contributed by atoms with E-state index >= 15 is 0 Å². The second kappa shape index (κ2) is 21.1. The Balaban J connectivity index is -0.00000135. The predicted octanol–water partition coefficient (Wildman–Crippen LogP) is 5.07. The first kappa shape index (κ1) is 36.2. The fourth-order valence-electron chi connectivity index (χ4n) is 2.52. The second-order valence-corrected chi connectivity index (χ2v) is 7.24. The Morgan fingerprint density at radius 1 is 0.914 bits per heavy atom. The first-order valence-corrected chi connectivity index (χ1v) is 9.87. The third-order valence-electron chi connectivity index (χ3n) is 3.91. The summed E-state index contributed by atoms with van der Waals surface area (Å²) in [6.07, 6.45) is 4.69. The van der Waals surface area contributed by atoms with Crippen LogP contribution in [0.2, 0.25) is 0 Å². The summed E-state index contributed by atoms with van der Waals surface area (Å²) in [7, 11) is 0. The van der Waals surface area contributed by atoms with Gasteiger partial charge in [0.25, 0.3) is 5.97 Å². The maximum absolute atomic E-state index is 13.3. The topological polar surface area (TPSA) is 103 Å². The van der Waals surface area contributed by atoms with Crippen molar-refractivity contribution in [2.75, 3.05) is 6.61 Å². The van der Waals surface area contributed by atoms with E-state index in [2.05, 4.69) is 31.8 Å². The molecule has 182 valence electrons. The number of ketones is 1. The van der Waals surface area contributed by atoms with Crippen LogP contribution in [0.4, 0.5) is 0 Å². The van der Waals surface area contributed by atoms with E-state index in [1.807, 2.05) is 69.3 Å². The molecule has 0 aromatic heterocycles. The summed E-state index contributed by atoms with van der Waals surface area (Å²) in [6, 6.07) is 18.7. The van der Waals surface area contributed by atoms with E-state index in [4.69, 9.17) is 18.7 Å². The summed E-state index contributed by atoms with van der Waals surface area (Å²) in [4.78, 5) is 25.8. The molecule has 0 aliphatic heterocycles. The van der Waals surface area contributed by atoms with Gasteiger partial charge in [0.15, 0.2) is 0 Å². The average molecular weight is 513 g/mol. The molecule has 0 unspecified atom stereocenters. The summed E-state index contributed by atoms with van der Waals surface area (Å²) < 4.78 is 27.6. The number of hydrogen-bond donors (Lipinski definition) is 0. The monoisotopic (exact) mass is 513 g/mol. The van der Waals surface area contributed by atoms with Crippen LogP contribution in [0.5, 0.6) is 0 Å². The van der Waals surface area contributed by atoms with Gasteiger partial charge in [-0.05, 0) is 24.0 Å². The molecule has 0 bridgehead atoms. The van der Waals surface area contributed by atoms with Gasteiger partial charge in [0.1, 0.15) is 5.78 Å². The molecule has 2 rings (SSSR count). The van der Waals surface area contributed by atoms with E-state index in [1.54, 1.807) is 25.1 Å². The quantitative estimate of drug-likeness (QED) is 0.0788. The van der Waals surface area contributed by atoms with Crippen molar-refractivity contribution in [1.29, 1.82) is 0 Å². The maximum atomic E-state index is 13.3. The zero-order valence-electron chi connectivity index (χ0n) is 19.9. The van der Waals surface area contributed by atoms with Gasteiger partial charge in [0.2, 0.25) is 0 Å². The van der Waals surface area contributed by atoms with Crippen molar-refractivity contribution in [3.63, 3.8) is 0 Å². The van der Waals surface area contributed by atoms with Crippen molar-refractivity contribution in [3.05, 3.63) is 115 Å². The van der Waals surface area contributed by atoms with Crippen molar-refractivity contribution in [3.8, 4) is 0 Å². The van der Waals surface area contributed by atoms with Crippen molar-refractivity contribution >= 4 is 17.8 Å². The standard InChI is InChI=1S/C25H25O3.3CO.Fe/c1-5-28-24(27)21(18-20-14-10-7-11-15-20)23(26)22(25(2,3)4)17-16-19-12-8-6-9-13-19;3*1-2;/h6-16H,5H2,1-4H3;;;;/q-1;;;;. The molecule has 0 saturated carbocycles. The van der Waals surface area contributed by atoms with E-state index in [-0.39, 0.29) is 29.2 Å². The van der Waals surface area contributed by atoms with Gasteiger partial charge < -0.3 is 9.53 Å². The molecular formula is C28H25FeO6-. The number of Topliss-reactive ketones (excluding diaryl/α,β-unsaturated/α-hetero) is 1. The number of hydrogen-bond acceptors (Lipinski definition) is 3. The molecule has 7 heteroatoms. The van der Waals surface area contributed by atoms with Crippen molar-refractivity contribution in [2.24, 2.45) is 5.41 Å². The molecule has 6 nitrogen and oxygen atoms in total. The fourth-order valence-corrected chi connectivity index (χ4v) is 2.52.